The number of esters is 1. The fraction of sp³-hybridized carbons (Fsp3) is 0.0667. The summed E-state index contributed by atoms with van der Waals surface area (Å²) in [7, 11) is 0. The summed E-state index contributed by atoms with van der Waals surface area (Å²) in [5.41, 5.74) is 12.5. The molecule has 0 aliphatic carbocycles. The molecule has 0 fully saturated rings. The normalized spacial score (nSPS) is 10.1. The first-order valence-corrected chi connectivity index (χ1v) is 6.46. The predicted octanol–water partition coefficient (Wildman–Crippen LogP) is 2.38. The topological polar surface area (TPSA) is 95.4 Å². The van der Waals surface area contributed by atoms with Crippen LogP contribution in [0.2, 0.25) is 5.02 Å². The number of primary amides is 1. The Morgan fingerprint density at radius 1 is 1.14 bits per heavy atom. The van der Waals surface area contributed by atoms with Gasteiger partial charge >= 0.3 is 5.97 Å². The molecule has 0 aliphatic rings. The van der Waals surface area contributed by atoms with Gasteiger partial charge in [0.1, 0.15) is 6.61 Å². The van der Waals surface area contributed by atoms with Gasteiger partial charge in [0.15, 0.2) is 0 Å². The van der Waals surface area contributed by atoms with Crippen LogP contribution in [0, 0.1) is 0 Å². The minimum atomic E-state index is -0.565. The molecule has 0 spiro atoms. The highest BCUT2D eigenvalue weighted by molar-refractivity contribution is 6.33. The number of hydrogen-bond acceptors (Lipinski definition) is 4. The minimum absolute atomic E-state index is 0.0145. The average Bonchev–Trinajstić information content (AvgIpc) is 2.45. The number of carbonyl (C=O) groups is 2. The molecule has 2 rings (SSSR count). The molecule has 5 nitrogen and oxygen atoms in total. The Labute approximate surface area is 126 Å². The van der Waals surface area contributed by atoms with Crippen LogP contribution in [0.15, 0.2) is 42.5 Å². The van der Waals surface area contributed by atoms with Gasteiger partial charge in [-0.25, -0.2) is 4.79 Å². The van der Waals surface area contributed by atoms with Crippen LogP contribution >= 0.6 is 11.6 Å². The van der Waals surface area contributed by atoms with Crippen molar-refractivity contribution in [3.63, 3.8) is 0 Å². The van der Waals surface area contributed by atoms with E-state index >= 15 is 0 Å². The molecule has 0 unspecified atom stereocenters. The first-order valence-electron chi connectivity index (χ1n) is 6.08. The summed E-state index contributed by atoms with van der Waals surface area (Å²) < 4.78 is 5.15. The Morgan fingerprint density at radius 3 is 2.57 bits per heavy atom. The van der Waals surface area contributed by atoms with E-state index in [9.17, 15) is 9.59 Å². The first kappa shape index (κ1) is 14.9. The maximum Gasteiger partial charge on any atom is 0.339 e. The van der Waals surface area contributed by atoms with E-state index in [2.05, 4.69) is 0 Å². The smallest absolute Gasteiger partial charge is 0.339 e. The van der Waals surface area contributed by atoms with Crippen LogP contribution in [-0.4, -0.2) is 11.9 Å². The molecular weight excluding hydrogens is 292 g/mol. The molecule has 21 heavy (non-hydrogen) atoms. The van der Waals surface area contributed by atoms with Gasteiger partial charge in [0, 0.05) is 11.3 Å². The van der Waals surface area contributed by atoms with E-state index in [1.54, 1.807) is 30.3 Å². The van der Waals surface area contributed by atoms with Gasteiger partial charge in [0.2, 0.25) is 5.91 Å². The molecule has 6 heteroatoms. The summed E-state index contributed by atoms with van der Waals surface area (Å²) in [4.78, 5) is 23.0. The quantitative estimate of drug-likeness (QED) is 0.669. The third-order valence-corrected chi connectivity index (χ3v) is 3.11. The van der Waals surface area contributed by atoms with Crippen LogP contribution in [0.3, 0.4) is 0 Å². The monoisotopic (exact) mass is 304 g/mol. The number of nitrogen functional groups attached to an aromatic ring is 1. The molecule has 0 radical (unpaired) electrons. The van der Waals surface area contributed by atoms with Crippen LogP contribution in [0.25, 0.3) is 0 Å². The molecule has 0 atom stereocenters. The molecule has 108 valence electrons. The number of amides is 1. The Balaban J connectivity index is 2.07. The molecule has 4 N–H and O–H groups in total. The number of rotatable bonds is 4. The van der Waals surface area contributed by atoms with E-state index in [4.69, 9.17) is 27.8 Å². The molecule has 0 aromatic heterocycles. The van der Waals surface area contributed by atoms with Crippen molar-refractivity contribution >= 4 is 29.2 Å². The summed E-state index contributed by atoms with van der Waals surface area (Å²) in [5, 5.41) is 0.228. The van der Waals surface area contributed by atoms with Crippen LogP contribution in [0.4, 0.5) is 5.69 Å². The number of nitrogens with two attached hydrogens (primary N) is 2. The van der Waals surface area contributed by atoms with Crippen molar-refractivity contribution in [3.05, 3.63) is 64.2 Å². The Hall–Kier alpha value is -2.53. The highest BCUT2D eigenvalue weighted by Crippen LogP contribution is 2.20. The standard InChI is InChI=1S/C15H13ClN2O3/c16-13-7-11(17)4-5-12(13)15(20)21-8-9-2-1-3-10(6-9)14(18)19/h1-7H,8,17H2,(H2,18,19). The fourth-order valence-electron chi connectivity index (χ4n) is 1.74. The minimum Gasteiger partial charge on any atom is -0.457 e. The maximum absolute atomic E-state index is 11.9. The Kier molecular flexibility index (Phi) is 4.45. The summed E-state index contributed by atoms with van der Waals surface area (Å²) in [5.74, 6) is -1.10. The van der Waals surface area contributed by atoms with E-state index in [1.807, 2.05) is 0 Å². The summed E-state index contributed by atoms with van der Waals surface area (Å²) in [6, 6.07) is 11.1. The van der Waals surface area contributed by atoms with Crippen LogP contribution in [0.1, 0.15) is 26.3 Å². The first-order chi connectivity index (χ1) is 9.97. The third kappa shape index (κ3) is 3.73. The van der Waals surface area contributed by atoms with E-state index in [1.165, 1.54) is 12.1 Å². The number of anilines is 1. The Bertz CT molecular complexity index is 701. The molecule has 0 saturated carbocycles. The SMILES string of the molecule is NC(=O)c1cccc(COC(=O)c2ccc(N)cc2Cl)c1. The zero-order valence-electron chi connectivity index (χ0n) is 11.0. The molecule has 2 aromatic carbocycles. The summed E-state index contributed by atoms with van der Waals surface area (Å²) >= 11 is 5.93. The van der Waals surface area contributed by atoms with Crippen molar-refractivity contribution in [2.45, 2.75) is 6.61 Å². The zero-order valence-corrected chi connectivity index (χ0v) is 11.8. The van der Waals surface area contributed by atoms with Crippen LogP contribution in [-0.2, 0) is 11.3 Å². The van der Waals surface area contributed by atoms with Gasteiger partial charge in [0.05, 0.1) is 10.6 Å². The number of halogens is 1. The van der Waals surface area contributed by atoms with Crippen molar-refractivity contribution in [1.82, 2.24) is 0 Å². The van der Waals surface area contributed by atoms with Gasteiger partial charge in [-0.1, -0.05) is 23.7 Å². The highest BCUT2D eigenvalue weighted by Gasteiger charge is 2.12. The van der Waals surface area contributed by atoms with Gasteiger partial charge in [-0.3, -0.25) is 4.79 Å². The second kappa shape index (κ2) is 6.28. The summed E-state index contributed by atoms with van der Waals surface area (Å²) in [6.45, 7) is 0.0145. The van der Waals surface area contributed by atoms with Crippen LogP contribution in [0.5, 0.6) is 0 Å². The number of hydrogen-bond donors (Lipinski definition) is 2. The van der Waals surface area contributed by atoms with Gasteiger partial charge in [-0.2, -0.15) is 0 Å². The second-order valence-corrected chi connectivity index (χ2v) is 4.79. The lowest BCUT2D eigenvalue weighted by Gasteiger charge is -2.07. The van der Waals surface area contributed by atoms with Crippen molar-refractivity contribution in [2.75, 3.05) is 5.73 Å². The average molecular weight is 305 g/mol. The molecular formula is C15H13ClN2O3. The van der Waals surface area contributed by atoms with E-state index in [-0.39, 0.29) is 17.2 Å². The van der Waals surface area contributed by atoms with Crippen molar-refractivity contribution in [3.8, 4) is 0 Å². The number of carbonyl (C=O) groups excluding carboxylic acids is 2. The molecule has 2 aromatic rings. The third-order valence-electron chi connectivity index (χ3n) is 2.79. The summed E-state index contributed by atoms with van der Waals surface area (Å²) in [6.07, 6.45) is 0. The molecule has 0 aliphatic heterocycles. The van der Waals surface area contributed by atoms with Crippen molar-refractivity contribution in [1.29, 1.82) is 0 Å². The van der Waals surface area contributed by atoms with Gasteiger partial charge < -0.3 is 16.2 Å². The lowest BCUT2D eigenvalue weighted by Crippen LogP contribution is -2.11. The number of ether oxygens (including phenoxy) is 1. The van der Waals surface area contributed by atoms with E-state index < -0.39 is 11.9 Å². The largest absolute Gasteiger partial charge is 0.457 e. The van der Waals surface area contributed by atoms with Crippen molar-refractivity contribution in [2.24, 2.45) is 5.73 Å². The van der Waals surface area contributed by atoms with Crippen molar-refractivity contribution < 1.29 is 14.3 Å². The molecule has 0 heterocycles. The van der Waals surface area contributed by atoms with Crippen LogP contribution < -0.4 is 11.5 Å². The molecule has 0 bridgehead atoms. The van der Waals surface area contributed by atoms with Gasteiger partial charge in [0.25, 0.3) is 0 Å². The van der Waals surface area contributed by atoms with E-state index in [0.717, 1.165) is 0 Å². The molecule has 0 saturated heterocycles. The number of benzene rings is 2. The lowest BCUT2D eigenvalue weighted by molar-refractivity contribution is 0.0473. The van der Waals surface area contributed by atoms with Gasteiger partial charge in [-0.15, -0.1) is 0 Å². The fourth-order valence-corrected chi connectivity index (χ4v) is 2.00. The highest BCUT2D eigenvalue weighted by atomic mass is 35.5. The molecule has 1 amide bonds. The van der Waals surface area contributed by atoms with E-state index in [0.29, 0.717) is 16.8 Å². The maximum atomic E-state index is 11.9. The predicted molar refractivity (Wildman–Crippen MR) is 79.9 cm³/mol. The van der Waals surface area contributed by atoms with Gasteiger partial charge in [-0.05, 0) is 35.9 Å². The zero-order chi connectivity index (χ0) is 15.4. The Morgan fingerprint density at radius 2 is 1.90 bits per heavy atom. The lowest BCUT2D eigenvalue weighted by atomic mass is 10.1. The second-order valence-electron chi connectivity index (χ2n) is 4.38.